The van der Waals surface area contributed by atoms with Crippen LogP contribution < -0.4 is 5.32 Å². The second-order valence-corrected chi connectivity index (χ2v) is 14.0. The molecular weight excluding hydrogens is 706 g/mol. The Morgan fingerprint density at radius 1 is 0.764 bits per heavy atom. The van der Waals surface area contributed by atoms with Gasteiger partial charge in [-0.15, -0.1) is 5.10 Å². The van der Waals surface area contributed by atoms with Gasteiger partial charge < -0.3 is 10.1 Å². The molecule has 0 aliphatic carbocycles. The van der Waals surface area contributed by atoms with Crippen molar-refractivity contribution in [2.24, 2.45) is 0 Å². The number of hydrogen-bond donors (Lipinski definition) is 1. The zero-order valence-electron chi connectivity index (χ0n) is 29.8. The molecule has 8 aromatic rings. The van der Waals surface area contributed by atoms with Crippen molar-refractivity contribution in [3.8, 4) is 22.6 Å². The summed E-state index contributed by atoms with van der Waals surface area (Å²) in [6.07, 6.45) is 7.71. The Hall–Kier alpha value is -6.42. The third-order valence-corrected chi connectivity index (χ3v) is 10.5. The third kappa shape index (κ3) is 6.37. The molecule has 1 aliphatic heterocycles. The maximum Gasteiger partial charge on any atom is 0.257 e. The Morgan fingerprint density at radius 3 is 2.09 bits per heavy atom. The average Bonchev–Trinajstić information content (AvgIpc) is 3.90. The Labute approximate surface area is 323 Å². The first-order valence-electron chi connectivity index (χ1n) is 18.3. The first-order chi connectivity index (χ1) is 27.1. The summed E-state index contributed by atoms with van der Waals surface area (Å²) in [6, 6.07) is 46.5. The molecule has 0 saturated carbocycles. The predicted molar refractivity (Wildman–Crippen MR) is 215 cm³/mol. The summed E-state index contributed by atoms with van der Waals surface area (Å²) in [6.45, 7) is 0.679. The molecule has 1 amide bonds. The molecule has 10 heteroatoms. The number of halogens is 1. The quantitative estimate of drug-likeness (QED) is 0.148. The van der Waals surface area contributed by atoms with Gasteiger partial charge in [0.1, 0.15) is 17.6 Å². The summed E-state index contributed by atoms with van der Waals surface area (Å²) in [7, 11) is 0. The van der Waals surface area contributed by atoms with Crippen LogP contribution in [-0.4, -0.2) is 42.0 Å². The fourth-order valence-electron chi connectivity index (χ4n) is 7.58. The Kier molecular flexibility index (Phi) is 9.23. The van der Waals surface area contributed by atoms with Gasteiger partial charge >= 0.3 is 0 Å². The van der Waals surface area contributed by atoms with Gasteiger partial charge in [-0.1, -0.05) is 109 Å². The molecule has 9 rings (SSSR count). The fraction of sp³-hybridized carbons (Fsp3) is 0.133. The van der Waals surface area contributed by atoms with E-state index in [1.807, 2.05) is 52.1 Å². The van der Waals surface area contributed by atoms with Gasteiger partial charge in [0.2, 0.25) is 0 Å². The molecule has 9 nitrogen and oxygen atoms in total. The smallest absolute Gasteiger partial charge is 0.257 e. The number of fused-ring (bicyclic) bond motifs is 1. The monoisotopic (exact) mass is 741 g/mol. The molecule has 3 aromatic heterocycles. The lowest BCUT2D eigenvalue weighted by Crippen LogP contribution is -2.38. The SMILES string of the molecule is O=C(Nc1cc(-c2nn(C3CCCCO3)c3ccc(-c4ncn(C(c5ccccc5)(c5ccccc5)c5ccccc5)n4)cc23)ccc1Cl)c1cccnc1. The number of anilines is 1. The van der Waals surface area contributed by atoms with Crippen LogP contribution in [0.3, 0.4) is 0 Å². The highest BCUT2D eigenvalue weighted by molar-refractivity contribution is 6.34. The number of ether oxygens (including phenoxy) is 1. The number of benzene rings is 5. The average molecular weight is 742 g/mol. The van der Waals surface area contributed by atoms with Crippen LogP contribution in [0, 0.1) is 0 Å². The lowest BCUT2D eigenvalue weighted by Gasteiger charge is -2.35. The summed E-state index contributed by atoms with van der Waals surface area (Å²) in [5.74, 6) is 0.266. The van der Waals surface area contributed by atoms with Crippen molar-refractivity contribution in [3.63, 3.8) is 0 Å². The summed E-state index contributed by atoms with van der Waals surface area (Å²) < 4.78 is 10.2. The van der Waals surface area contributed by atoms with E-state index in [0.29, 0.717) is 28.7 Å². The van der Waals surface area contributed by atoms with Crippen LogP contribution in [0.4, 0.5) is 5.69 Å². The lowest BCUT2D eigenvalue weighted by atomic mass is 9.77. The minimum atomic E-state index is -0.798. The van der Waals surface area contributed by atoms with Crippen LogP contribution in [0.5, 0.6) is 0 Å². The van der Waals surface area contributed by atoms with Gasteiger partial charge in [0.05, 0.1) is 21.8 Å². The minimum Gasteiger partial charge on any atom is -0.356 e. The number of amides is 1. The largest absolute Gasteiger partial charge is 0.356 e. The third-order valence-electron chi connectivity index (χ3n) is 10.2. The van der Waals surface area contributed by atoms with E-state index in [0.717, 1.165) is 63.7 Å². The number of hydrogen-bond acceptors (Lipinski definition) is 6. The number of aromatic nitrogens is 6. The van der Waals surface area contributed by atoms with Crippen LogP contribution >= 0.6 is 11.6 Å². The van der Waals surface area contributed by atoms with Gasteiger partial charge in [-0.3, -0.25) is 9.78 Å². The van der Waals surface area contributed by atoms with Crippen LogP contribution in [-0.2, 0) is 10.3 Å². The van der Waals surface area contributed by atoms with Gasteiger partial charge in [-0.2, -0.15) is 5.10 Å². The molecule has 270 valence electrons. The van der Waals surface area contributed by atoms with E-state index in [1.165, 1.54) is 6.20 Å². The molecule has 1 unspecified atom stereocenters. The fourth-order valence-corrected chi connectivity index (χ4v) is 7.75. The summed E-state index contributed by atoms with van der Waals surface area (Å²) in [5.41, 5.74) is 6.56. The minimum absolute atomic E-state index is 0.200. The number of rotatable bonds is 9. The van der Waals surface area contributed by atoms with Crippen molar-refractivity contribution in [1.82, 2.24) is 29.5 Å². The Bertz CT molecular complexity index is 2490. The molecule has 1 saturated heterocycles. The Balaban J connectivity index is 1.18. The number of carbonyl (C=O) groups excluding carboxylic acids is 1. The molecule has 1 fully saturated rings. The molecule has 1 N–H and O–H groups in total. The summed E-state index contributed by atoms with van der Waals surface area (Å²) >= 11 is 6.64. The van der Waals surface area contributed by atoms with Crippen molar-refractivity contribution >= 4 is 34.1 Å². The highest BCUT2D eigenvalue weighted by Crippen LogP contribution is 2.41. The van der Waals surface area contributed by atoms with Crippen molar-refractivity contribution in [2.75, 3.05) is 11.9 Å². The number of carbonyl (C=O) groups is 1. The normalized spacial score (nSPS) is 14.5. The molecule has 1 aliphatic rings. The van der Waals surface area contributed by atoms with Gasteiger partial charge in [0.25, 0.3) is 5.91 Å². The second-order valence-electron chi connectivity index (χ2n) is 13.6. The zero-order valence-corrected chi connectivity index (χ0v) is 30.6. The first kappa shape index (κ1) is 34.4. The van der Waals surface area contributed by atoms with E-state index in [2.05, 4.69) is 95.2 Å². The van der Waals surface area contributed by atoms with E-state index >= 15 is 0 Å². The Morgan fingerprint density at radius 2 is 1.45 bits per heavy atom. The summed E-state index contributed by atoms with van der Waals surface area (Å²) in [4.78, 5) is 22.2. The predicted octanol–water partition coefficient (Wildman–Crippen LogP) is 9.80. The topological polar surface area (TPSA) is 99.8 Å². The van der Waals surface area contributed by atoms with E-state index in [9.17, 15) is 4.79 Å². The molecule has 1 atom stereocenters. The molecule has 0 radical (unpaired) electrons. The molecule has 0 bridgehead atoms. The van der Waals surface area contributed by atoms with Crippen LogP contribution in [0.15, 0.2) is 158 Å². The van der Waals surface area contributed by atoms with Crippen LogP contribution in [0.1, 0.15) is 52.5 Å². The highest BCUT2D eigenvalue weighted by atomic mass is 35.5. The summed E-state index contributed by atoms with van der Waals surface area (Å²) in [5, 5.41) is 14.7. The first-order valence-corrected chi connectivity index (χ1v) is 18.7. The van der Waals surface area contributed by atoms with Gasteiger partial charge in [-0.25, -0.2) is 14.3 Å². The molecule has 5 aromatic carbocycles. The molecule has 0 spiro atoms. The van der Waals surface area contributed by atoms with Crippen LogP contribution in [0.25, 0.3) is 33.5 Å². The van der Waals surface area contributed by atoms with E-state index in [1.54, 1.807) is 24.4 Å². The van der Waals surface area contributed by atoms with Gasteiger partial charge in [0.15, 0.2) is 12.1 Å². The van der Waals surface area contributed by atoms with Crippen molar-refractivity contribution in [3.05, 3.63) is 186 Å². The number of nitrogens with one attached hydrogen (secondary N) is 1. The second kappa shape index (κ2) is 14.8. The molecule has 4 heterocycles. The maximum atomic E-state index is 13.1. The van der Waals surface area contributed by atoms with Gasteiger partial charge in [0, 0.05) is 35.5 Å². The van der Waals surface area contributed by atoms with E-state index in [4.69, 9.17) is 31.5 Å². The standard InChI is InChI=1S/C45H36ClN7O2/c46-38-23-21-31(28-39(38)49-44(54)33-13-12-25-47-29-33)42-37-27-32(22-24-40(37)53(50-42)41-20-10-11-26-55-41)43-48-30-52(51-43)45(34-14-4-1-5-15-34,35-16-6-2-7-17-35)36-18-8-3-9-19-36/h1-9,12-19,21-25,27-30,41H,10-11,20,26H2,(H,49,54). The molecular formula is C45H36ClN7O2. The molecule has 55 heavy (non-hydrogen) atoms. The van der Waals surface area contributed by atoms with Crippen molar-refractivity contribution in [1.29, 1.82) is 0 Å². The van der Waals surface area contributed by atoms with Crippen molar-refractivity contribution in [2.45, 2.75) is 31.0 Å². The maximum absolute atomic E-state index is 13.1. The van der Waals surface area contributed by atoms with E-state index < -0.39 is 5.54 Å². The van der Waals surface area contributed by atoms with Crippen molar-refractivity contribution < 1.29 is 9.53 Å². The number of pyridine rings is 1. The van der Waals surface area contributed by atoms with Gasteiger partial charge in [-0.05, 0) is 78.4 Å². The van der Waals surface area contributed by atoms with Crippen LogP contribution in [0.2, 0.25) is 5.02 Å². The highest BCUT2D eigenvalue weighted by Gasteiger charge is 2.39. The number of nitrogens with zero attached hydrogens (tertiary/aromatic N) is 6. The zero-order chi connectivity index (χ0) is 37.2. The lowest BCUT2D eigenvalue weighted by molar-refractivity contribution is -0.0365. The van der Waals surface area contributed by atoms with E-state index in [-0.39, 0.29) is 12.1 Å².